The van der Waals surface area contributed by atoms with Crippen LogP contribution in [-0.2, 0) is 4.74 Å². The van der Waals surface area contributed by atoms with Crippen LogP contribution in [-0.4, -0.2) is 50.3 Å². The van der Waals surface area contributed by atoms with E-state index in [0.29, 0.717) is 6.04 Å². The maximum Gasteiger partial charge on any atom is 0.0594 e. The highest BCUT2D eigenvalue weighted by Crippen LogP contribution is 1.99. The van der Waals surface area contributed by atoms with Gasteiger partial charge in [-0.2, -0.15) is 0 Å². The summed E-state index contributed by atoms with van der Waals surface area (Å²) in [5, 5.41) is 3.50. The molecule has 3 heteroatoms. The van der Waals surface area contributed by atoms with Gasteiger partial charge in [0.2, 0.25) is 0 Å². The van der Waals surface area contributed by atoms with Crippen LogP contribution < -0.4 is 5.32 Å². The average Bonchev–Trinajstić information content (AvgIpc) is 2.27. The van der Waals surface area contributed by atoms with Crippen molar-refractivity contribution in [1.82, 2.24) is 10.2 Å². The van der Waals surface area contributed by atoms with E-state index in [1.807, 2.05) is 0 Å². The number of nitrogens with zero attached hydrogens (tertiary/aromatic N) is 1. The fourth-order valence-corrected chi connectivity index (χ4v) is 1.68. The molecule has 0 aliphatic carbocycles. The van der Waals surface area contributed by atoms with E-state index in [1.165, 1.54) is 5.57 Å². The zero-order chi connectivity index (χ0) is 11.1. The molecular weight excluding hydrogens is 188 g/mol. The topological polar surface area (TPSA) is 24.5 Å². The molecule has 1 unspecified atom stereocenters. The second-order valence-electron chi connectivity index (χ2n) is 4.30. The number of hydrogen-bond acceptors (Lipinski definition) is 3. The number of rotatable bonds is 6. The van der Waals surface area contributed by atoms with Crippen molar-refractivity contribution in [3.63, 3.8) is 0 Å². The molecule has 1 heterocycles. The lowest BCUT2D eigenvalue weighted by molar-refractivity contribution is 0.0345. The lowest BCUT2D eigenvalue weighted by Gasteiger charge is -2.29. The molecule has 0 amide bonds. The first kappa shape index (κ1) is 12.7. The Morgan fingerprint density at radius 3 is 2.73 bits per heavy atom. The quantitative estimate of drug-likeness (QED) is 0.671. The molecule has 1 atom stereocenters. The summed E-state index contributed by atoms with van der Waals surface area (Å²) in [6, 6.07) is 0.534. The molecule has 3 nitrogen and oxygen atoms in total. The van der Waals surface area contributed by atoms with Crippen LogP contribution in [0.1, 0.15) is 20.3 Å². The molecule has 88 valence electrons. The number of ether oxygens (including phenoxy) is 1. The van der Waals surface area contributed by atoms with E-state index >= 15 is 0 Å². The van der Waals surface area contributed by atoms with Gasteiger partial charge in [-0.25, -0.2) is 0 Å². The van der Waals surface area contributed by atoms with Crippen molar-refractivity contribution < 1.29 is 4.74 Å². The van der Waals surface area contributed by atoms with Crippen LogP contribution in [0.4, 0.5) is 0 Å². The van der Waals surface area contributed by atoms with E-state index < -0.39 is 0 Å². The number of morpholine rings is 1. The second-order valence-corrected chi connectivity index (χ2v) is 4.30. The van der Waals surface area contributed by atoms with Gasteiger partial charge in [-0.15, -0.1) is 0 Å². The largest absolute Gasteiger partial charge is 0.379 e. The normalized spacial score (nSPS) is 20.1. The molecule has 0 aromatic rings. The molecule has 0 spiro atoms. The molecule has 0 aromatic heterocycles. The summed E-state index contributed by atoms with van der Waals surface area (Å²) in [6.07, 6.45) is 1.07. The van der Waals surface area contributed by atoms with Crippen LogP contribution >= 0.6 is 0 Å². The third-order valence-electron chi connectivity index (χ3n) is 2.84. The van der Waals surface area contributed by atoms with Gasteiger partial charge in [0, 0.05) is 32.2 Å². The minimum atomic E-state index is 0.534. The third kappa shape index (κ3) is 5.30. The summed E-state index contributed by atoms with van der Waals surface area (Å²) in [7, 11) is 0. The van der Waals surface area contributed by atoms with Crippen molar-refractivity contribution in [1.29, 1.82) is 0 Å². The summed E-state index contributed by atoms with van der Waals surface area (Å²) in [5.41, 5.74) is 1.28. The van der Waals surface area contributed by atoms with Gasteiger partial charge in [-0.3, -0.25) is 4.90 Å². The molecule has 15 heavy (non-hydrogen) atoms. The number of hydrogen-bond donors (Lipinski definition) is 1. The lowest BCUT2D eigenvalue weighted by atomic mass is 10.2. The van der Waals surface area contributed by atoms with Crippen molar-refractivity contribution in [3.05, 3.63) is 12.2 Å². The molecule has 1 rings (SSSR count). The highest BCUT2D eigenvalue weighted by atomic mass is 16.5. The van der Waals surface area contributed by atoms with Crippen molar-refractivity contribution in [2.24, 2.45) is 0 Å². The van der Waals surface area contributed by atoms with Crippen LogP contribution in [0, 0.1) is 0 Å². The van der Waals surface area contributed by atoms with E-state index in [-0.39, 0.29) is 0 Å². The fourth-order valence-electron chi connectivity index (χ4n) is 1.68. The van der Waals surface area contributed by atoms with Gasteiger partial charge in [0.05, 0.1) is 13.2 Å². The van der Waals surface area contributed by atoms with Crippen molar-refractivity contribution in [3.8, 4) is 0 Å². The van der Waals surface area contributed by atoms with E-state index in [9.17, 15) is 0 Å². The molecule has 0 radical (unpaired) electrons. The van der Waals surface area contributed by atoms with Gasteiger partial charge in [-0.05, 0) is 13.3 Å². The molecular formula is C12H24N2O. The van der Waals surface area contributed by atoms with Crippen LogP contribution in [0.5, 0.6) is 0 Å². The summed E-state index contributed by atoms with van der Waals surface area (Å²) in [6.45, 7) is 14.3. The Balaban J connectivity index is 2.11. The van der Waals surface area contributed by atoms with Crippen LogP contribution in [0.3, 0.4) is 0 Å². The molecule has 0 saturated carbocycles. The first-order valence-corrected chi connectivity index (χ1v) is 5.92. The Kier molecular flexibility index (Phi) is 5.91. The summed E-state index contributed by atoms with van der Waals surface area (Å²) >= 11 is 0. The Morgan fingerprint density at radius 1 is 1.47 bits per heavy atom. The zero-order valence-corrected chi connectivity index (χ0v) is 10.1. The first-order valence-electron chi connectivity index (χ1n) is 5.92. The van der Waals surface area contributed by atoms with Crippen LogP contribution in [0.2, 0.25) is 0 Å². The SMILES string of the molecule is C=C(CC)CNC(C)CN1CCOCC1. The molecule has 1 N–H and O–H groups in total. The molecule has 1 saturated heterocycles. The number of nitrogens with one attached hydrogen (secondary N) is 1. The molecule has 1 fully saturated rings. The van der Waals surface area contributed by atoms with Gasteiger partial charge in [0.25, 0.3) is 0 Å². The Labute approximate surface area is 93.5 Å². The molecule has 1 aliphatic rings. The lowest BCUT2D eigenvalue weighted by Crippen LogP contribution is -2.44. The van der Waals surface area contributed by atoms with Crippen LogP contribution in [0.25, 0.3) is 0 Å². The van der Waals surface area contributed by atoms with Gasteiger partial charge in [-0.1, -0.05) is 19.1 Å². The monoisotopic (exact) mass is 212 g/mol. The predicted molar refractivity (Wildman–Crippen MR) is 64.2 cm³/mol. The average molecular weight is 212 g/mol. The maximum atomic E-state index is 5.32. The summed E-state index contributed by atoms with van der Waals surface area (Å²) in [4.78, 5) is 2.45. The highest BCUT2D eigenvalue weighted by Gasteiger charge is 2.12. The van der Waals surface area contributed by atoms with Gasteiger partial charge >= 0.3 is 0 Å². The Hall–Kier alpha value is -0.380. The zero-order valence-electron chi connectivity index (χ0n) is 10.1. The van der Waals surface area contributed by atoms with Crippen LogP contribution in [0.15, 0.2) is 12.2 Å². The van der Waals surface area contributed by atoms with Crippen molar-refractivity contribution in [2.45, 2.75) is 26.3 Å². The molecule has 0 bridgehead atoms. The van der Waals surface area contributed by atoms with E-state index in [4.69, 9.17) is 4.74 Å². The molecule has 1 aliphatic heterocycles. The summed E-state index contributed by atoms with van der Waals surface area (Å²) in [5.74, 6) is 0. The third-order valence-corrected chi connectivity index (χ3v) is 2.84. The van der Waals surface area contributed by atoms with Gasteiger partial charge in [0.15, 0.2) is 0 Å². The summed E-state index contributed by atoms with van der Waals surface area (Å²) < 4.78 is 5.32. The predicted octanol–water partition coefficient (Wildman–Crippen LogP) is 1.26. The van der Waals surface area contributed by atoms with Crippen molar-refractivity contribution >= 4 is 0 Å². The van der Waals surface area contributed by atoms with Crippen molar-refractivity contribution in [2.75, 3.05) is 39.4 Å². The van der Waals surface area contributed by atoms with E-state index in [0.717, 1.165) is 45.8 Å². The van der Waals surface area contributed by atoms with Gasteiger partial charge in [0.1, 0.15) is 0 Å². The fraction of sp³-hybridized carbons (Fsp3) is 0.833. The standard InChI is InChI=1S/C12H24N2O/c1-4-11(2)9-13-12(3)10-14-5-7-15-8-6-14/h12-13H,2,4-10H2,1,3H3. The maximum absolute atomic E-state index is 5.32. The molecule has 0 aromatic carbocycles. The Bertz CT molecular complexity index is 188. The first-order chi connectivity index (χ1) is 7.22. The van der Waals surface area contributed by atoms with E-state index in [2.05, 4.69) is 30.6 Å². The van der Waals surface area contributed by atoms with E-state index in [1.54, 1.807) is 0 Å². The highest BCUT2D eigenvalue weighted by molar-refractivity contribution is 4.95. The minimum Gasteiger partial charge on any atom is -0.379 e. The Morgan fingerprint density at radius 2 is 2.13 bits per heavy atom. The van der Waals surface area contributed by atoms with Gasteiger partial charge < -0.3 is 10.1 Å². The second kappa shape index (κ2) is 6.99. The minimum absolute atomic E-state index is 0.534. The smallest absolute Gasteiger partial charge is 0.0594 e.